The van der Waals surface area contributed by atoms with Crippen LogP contribution in [0.15, 0.2) is 103 Å². The number of unbranched alkanes of at least 4 members (excludes halogenated alkanes) is 3. The second kappa shape index (κ2) is 13.3. The average molecular weight is 429 g/mol. The molecular weight excluding hydrogens is 391 g/mol. The Labute approximate surface area is 191 Å². The molecule has 0 N–H and O–H groups in total. The molecule has 1 heteroatoms. The summed E-state index contributed by atoms with van der Waals surface area (Å²) < 4.78 is 0. The lowest BCUT2D eigenvalue weighted by Crippen LogP contribution is -2.16. The molecule has 31 heavy (non-hydrogen) atoms. The molecule has 0 saturated carbocycles. The molecule has 3 aromatic rings. The number of benzene rings is 3. The van der Waals surface area contributed by atoms with Crippen LogP contribution in [0.3, 0.4) is 0 Å². The maximum absolute atomic E-state index is 2.50. The zero-order valence-electron chi connectivity index (χ0n) is 19.2. The molecule has 0 fully saturated rings. The van der Waals surface area contributed by atoms with E-state index < -0.39 is 0 Å². The Morgan fingerprint density at radius 2 is 1.23 bits per heavy atom. The van der Waals surface area contributed by atoms with Gasteiger partial charge in [-0.1, -0.05) is 143 Å². The zero-order valence-corrected chi connectivity index (χ0v) is 20.1. The summed E-state index contributed by atoms with van der Waals surface area (Å²) in [7, 11) is -0.343. The molecule has 3 aromatic carbocycles. The van der Waals surface area contributed by atoms with E-state index in [4.69, 9.17) is 0 Å². The summed E-state index contributed by atoms with van der Waals surface area (Å²) in [5.41, 5.74) is 1.45. The van der Waals surface area contributed by atoms with Gasteiger partial charge in [0.25, 0.3) is 0 Å². The van der Waals surface area contributed by atoms with E-state index in [-0.39, 0.29) is 7.92 Å². The van der Waals surface area contributed by atoms with Gasteiger partial charge in [-0.05, 0) is 42.6 Å². The highest BCUT2D eigenvalue weighted by atomic mass is 31.1. The summed E-state index contributed by atoms with van der Waals surface area (Å²) in [6.45, 7) is 4.67. The second-order valence-electron chi connectivity index (χ2n) is 8.51. The second-order valence-corrected chi connectivity index (χ2v) is 10.8. The van der Waals surface area contributed by atoms with Gasteiger partial charge in [0.2, 0.25) is 0 Å². The van der Waals surface area contributed by atoms with Gasteiger partial charge in [0.1, 0.15) is 0 Å². The van der Waals surface area contributed by atoms with Gasteiger partial charge in [0.15, 0.2) is 0 Å². The lowest BCUT2D eigenvalue weighted by atomic mass is 9.92. The fraction of sp³-hybridized carbons (Fsp3) is 0.333. The first-order valence-electron chi connectivity index (χ1n) is 11.9. The predicted molar refractivity (Wildman–Crippen MR) is 140 cm³/mol. The fourth-order valence-corrected chi connectivity index (χ4v) is 6.60. The summed E-state index contributed by atoms with van der Waals surface area (Å²) in [6.07, 6.45) is 12.7. The summed E-state index contributed by atoms with van der Waals surface area (Å²) in [5, 5.41) is 2.95. The van der Waals surface area contributed by atoms with E-state index in [1.165, 1.54) is 54.4 Å². The van der Waals surface area contributed by atoms with Gasteiger partial charge in [-0.25, -0.2) is 0 Å². The van der Waals surface area contributed by atoms with E-state index in [1.54, 1.807) is 0 Å². The van der Waals surface area contributed by atoms with Crippen LogP contribution >= 0.6 is 7.92 Å². The van der Waals surface area contributed by atoms with E-state index in [0.717, 1.165) is 0 Å². The highest BCUT2D eigenvalue weighted by Crippen LogP contribution is 2.36. The Morgan fingerprint density at radius 3 is 1.77 bits per heavy atom. The van der Waals surface area contributed by atoms with Crippen LogP contribution in [0.25, 0.3) is 0 Å². The van der Waals surface area contributed by atoms with Crippen molar-refractivity contribution in [1.82, 2.24) is 0 Å². The molecule has 0 aliphatic carbocycles. The normalized spacial score (nSPS) is 13.5. The first-order valence-corrected chi connectivity index (χ1v) is 13.4. The predicted octanol–water partition coefficient (Wildman–Crippen LogP) is 8.07. The molecule has 0 heterocycles. The molecule has 0 aliphatic heterocycles. The molecule has 0 aliphatic rings. The molecular formula is C30H37P. The van der Waals surface area contributed by atoms with Crippen LogP contribution < -0.4 is 10.6 Å². The number of allylic oxidation sites excluding steroid dienone is 2. The maximum Gasteiger partial charge on any atom is 0.00180 e. The van der Waals surface area contributed by atoms with Crippen molar-refractivity contribution in [2.24, 2.45) is 5.92 Å². The molecule has 162 valence electrons. The summed E-state index contributed by atoms with van der Waals surface area (Å²) in [4.78, 5) is 0. The van der Waals surface area contributed by atoms with Crippen LogP contribution in [-0.4, -0.2) is 6.16 Å². The number of hydrogen-bond donors (Lipinski definition) is 0. The molecule has 2 atom stereocenters. The Kier molecular flexibility index (Phi) is 10.1. The Bertz CT molecular complexity index is 831. The summed E-state index contributed by atoms with van der Waals surface area (Å²) in [6, 6.07) is 33.2. The lowest BCUT2D eigenvalue weighted by Gasteiger charge is -2.22. The van der Waals surface area contributed by atoms with Crippen LogP contribution in [0.1, 0.15) is 57.4 Å². The third kappa shape index (κ3) is 7.79. The summed E-state index contributed by atoms with van der Waals surface area (Å²) in [5.74, 6) is 1.08. The Morgan fingerprint density at radius 1 is 0.677 bits per heavy atom. The SMILES string of the molecule is CCCCCC[C@H](/C=C\[C@H](C)CP(c1ccccc1)c1ccccc1)c1ccccc1. The van der Waals surface area contributed by atoms with E-state index in [9.17, 15) is 0 Å². The monoisotopic (exact) mass is 428 g/mol. The Hall–Kier alpha value is -2.17. The van der Waals surface area contributed by atoms with Gasteiger partial charge >= 0.3 is 0 Å². The fourth-order valence-electron chi connectivity index (χ4n) is 4.11. The van der Waals surface area contributed by atoms with Crippen molar-refractivity contribution < 1.29 is 0 Å². The van der Waals surface area contributed by atoms with E-state index in [2.05, 4.69) is 117 Å². The first kappa shape index (κ1) is 23.5. The van der Waals surface area contributed by atoms with E-state index in [1.807, 2.05) is 0 Å². The van der Waals surface area contributed by atoms with Gasteiger partial charge in [0.05, 0.1) is 0 Å². The third-order valence-electron chi connectivity index (χ3n) is 5.87. The van der Waals surface area contributed by atoms with Crippen molar-refractivity contribution in [1.29, 1.82) is 0 Å². The van der Waals surface area contributed by atoms with Crippen molar-refractivity contribution in [3.8, 4) is 0 Å². The third-order valence-corrected chi connectivity index (χ3v) is 8.66. The van der Waals surface area contributed by atoms with Crippen LogP contribution in [0, 0.1) is 5.92 Å². The minimum absolute atomic E-state index is 0.343. The smallest absolute Gasteiger partial charge is 0.00180 e. The largest absolute Gasteiger partial charge is 0.0847 e. The van der Waals surface area contributed by atoms with Crippen LogP contribution in [0.5, 0.6) is 0 Å². The van der Waals surface area contributed by atoms with E-state index in [0.29, 0.717) is 11.8 Å². The molecule has 0 bridgehead atoms. The molecule has 0 radical (unpaired) electrons. The van der Waals surface area contributed by atoms with Gasteiger partial charge in [-0.2, -0.15) is 0 Å². The lowest BCUT2D eigenvalue weighted by molar-refractivity contribution is 0.602. The molecule has 0 unspecified atom stereocenters. The van der Waals surface area contributed by atoms with Gasteiger partial charge in [-0.3, -0.25) is 0 Å². The van der Waals surface area contributed by atoms with Crippen molar-refractivity contribution in [2.45, 2.75) is 51.9 Å². The quantitative estimate of drug-likeness (QED) is 0.155. The molecule has 3 rings (SSSR count). The summed E-state index contributed by atoms with van der Waals surface area (Å²) >= 11 is 0. The topological polar surface area (TPSA) is 0 Å². The standard InChI is InChI=1S/C30H37P/c1-3-4-5-9-18-28(27-16-10-6-11-17-27)24-23-26(2)25-31(29-19-12-7-13-20-29)30-21-14-8-15-22-30/h6-8,10-17,19-24,26,28H,3-5,9,18,25H2,1-2H3/b24-23-/t26-,28+/m0/s1. The van der Waals surface area contributed by atoms with Crippen molar-refractivity contribution in [3.63, 3.8) is 0 Å². The minimum Gasteiger partial charge on any atom is -0.0847 e. The average Bonchev–Trinajstić information content (AvgIpc) is 2.83. The molecule has 0 spiro atoms. The van der Waals surface area contributed by atoms with Gasteiger partial charge in [-0.15, -0.1) is 0 Å². The number of rotatable bonds is 12. The van der Waals surface area contributed by atoms with Crippen LogP contribution in [0.4, 0.5) is 0 Å². The zero-order chi connectivity index (χ0) is 21.7. The maximum atomic E-state index is 2.50. The highest BCUT2D eigenvalue weighted by Gasteiger charge is 2.16. The van der Waals surface area contributed by atoms with Crippen molar-refractivity contribution in [3.05, 3.63) is 109 Å². The number of hydrogen-bond acceptors (Lipinski definition) is 0. The van der Waals surface area contributed by atoms with Gasteiger partial charge in [0, 0.05) is 5.92 Å². The molecule has 0 saturated heterocycles. The van der Waals surface area contributed by atoms with E-state index >= 15 is 0 Å². The molecule has 0 amide bonds. The molecule has 0 nitrogen and oxygen atoms in total. The van der Waals surface area contributed by atoms with Crippen LogP contribution in [-0.2, 0) is 0 Å². The minimum atomic E-state index is -0.343. The van der Waals surface area contributed by atoms with Crippen LogP contribution in [0.2, 0.25) is 0 Å². The van der Waals surface area contributed by atoms with Crippen molar-refractivity contribution in [2.75, 3.05) is 6.16 Å². The Balaban J connectivity index is 1.72. The van der Waals surface area contributed by atoms with Crippen molar-refractivity contribution >= 4 is 18.5 Å². The highest BCUT2D eigenvalue weighted by molar-refractivity contribution is 7.73. The molecule has 0 aromatic heterocycles. The first-order chi connectivity index (χ1) is 15.3. The van der Waals surface area contributed by atoms with Gasteiger partial charge < -0.3 is 0 Å².